The Morgan fingerprint density at radius 3 is 3.13 bits per heavy atom. The molecule has 0 radical (unpaired) electrons. The molecule has 1 atom stereocenters. The molecule has 0 spiro atoms. The van der Waals surface area contributed by atoms with Crippen LogP contribution in [0.15, 0.2) is 18.5 Å². The molecular weight excluding hydrogens is 210 g/mol. The molecule has 0 aromatic carbocycles. The number of anilines is 1. The maximum atomic E-state index is 11.1. The summed E-state index contributed by atoms with van der Waals surface area (Å²) in [4.78, 5) is 3.92. The Balaban J connectivity index is 2.51. The van der Waals surface area contributed by atoms with Gasteiger partial charge in [-0.25, -0.2) is 0 Å². The molecule has 1 aromatic heterocycles. The van der Waals surface area contributed by atoms with Gasteiger partial charge in [-0.05, 0) is 6.07 Å². The standard InChI is InChI=1S/C10H13N3OS/c1-2-15(14)6-5-13-10-8-12-4-3-9(10)7-11/h3-4,8,13H,2,5-6H2,1H3. The molecule has 4 nitrogen and oxygen atoms in total. The van der Waals surface area contributed by atoms with Crippen molar-refractivity contribution in [3.05, 3.63) is 24.0 Å². The molecule has 15 heavy (non-hydrogen) atoms. The van der Waals surface area contributed by atoms with E-state index in [0.29, 0.717) is 29.3 Å². The zero-order valence-corrected chi connectivity index (χ0v) is 9.38. The average molecular weight is 223 g/mol. The Morgan fingerprint density at radius 2 is 2.47 bits per heavy atom. The summed E-state index contributed by atoms with van der Waals surface area (Å²) in [5.41, 5.74) is 1.26. The van der Waals surface area contributed by atoms with Crippen LogP contribution in [0.25, 0.3) is 0 Å². The number of nitrogens with one attached hydrogen (secondary N) is 1. The molecule has 1 rings (SSSR count). The second-order valence-corrected chi connectivity index (χ2v) is 4.76. The van der Waals surface area contributed by atoms with Crippen molar-refractivity contribution < 1.29 is 4.21 Å². The van der Waals surface area contributed by atoms with Gasteiger partial charge in [0.2, 0.25) is 0 Å². The molecule has 1 unspecified atom stereocenters. The van der Waals surface area contributed by atoms with Crippen LogP contribution in [0.2, 0.25) is 0 Å². The van der Waals surface area contributed by atoms with E-state index in [1.807, 2.05) is 6.92 Å². The third-order valence-corrected chi connectivity index (χ3v) is 3.21. The van der Waals surface area contributed by atoms with Gasteiger partial charge in [0.25, 0.3) is 0 Å². The van der Waals surface area contributed by atoms with Crippen molar-refractivity contribution in [3.63, 3.8) is 0 Å². The summed E-state index contributed by atoms with van der Waals surface area (Å²) in [5.74, 6) is 1.26. The predicted molar refractivity (Wildman–Crippen MR) is 61.0 cm³/mol. The van der Waals surface area contributed by atoms with Crippen molar-refractivity contribution in [1.29, 1.82) is 5.26 Å². The fourth-order valence-electron chi connectivity index (χ4n) is 1.08. The molecule has 0 aliphatic rings. The van der Waals surface area contributed by atoms with Crippen molar-refractivity contribution in [2.24, 2.45) is 0 Å². The molecule has 1 aromatic rings. The third kappa shape index (κ3) is 3.68. The van der Waals surface area contributed by atoms with Gasteiger partial charge in [0, 0.05) is 35.0 Å². The first-order chi connectivity index (χ1) is 7.27. The van der Waals surface area contributed by atoms with Crippen LogP contribution in [0.3, 0.4) is 0 Å². The lowest BCUT2D eigenvalue weighted by molar-refractivity contribution is 0.684. The van der Waals surface area contributed by atoms with Crippen LogP contribution in [-0.2, 0) is 10.8 Å². The SMILES string of the molecule is CCS(=O)CCNc1cnccc1C#N. The van der Waals surface area contributed by atoms with E-state index >= 15 is 0 Å². The number of aromatic nitrogens is 1. The number of nitriles is 1. The minimum Gasteiger partial charge on any atom is -0.382 e. The Kier molecular flexibility index (Phi) is 4.78. The van der Waals surface area contributed by atoms with Crippen LogP contribution in [0.1, 0.15) is 12.5 Å². The van der Waals surface area contributed by atoms with E-state index in [-0.39, 0.29) is 0 Å². The van der Waals surface area contributed by atoms with Crippen LogP contribution in [0.4, 0.5) is 5.69 Å². The van der Waals surface area contributed by atoms with Gasteiger partial charge in [-0.2, -0.15) is 5.26 Å². The molecular formula is C10H13N3OS. The van der Waals surface area contributed by atoms with E-state index < -0.39 is 10.8 Å². The number of hydrogen-bond donors (Lipinski definition) is 1. The smallest absolute Gasteiger partial charge is 0.101 e. The molecule has 0 saturated carbocycles. The fourth-order valence-corrected chi connectivity index (χ4v) is 1.70. The Labute approximate surface area is 91.8 Å². The van der Waals surface area contributed by atoms with Crippen molar-refractivity contribution >= 4 is 16.5 Å². The van der Waals surface area contributed by atoms with Gasteiger partial charge in [0.15, 0.2) is 0 Å². The van der Waals surface area contributed by atoms with Crippen molar-refractivity contribution in [2.45, 2.75) is 6.92 Å². The summed E-state index contributed by atoms with van der Waals surface area (Å²) >= 11 is 0. The zero-order chi connectivity index (χ0) is 11.1. The second-order valence-electron chi connectivity index (χ2n) is 2.89. The van der Waals surface area contributed by atoms with Crippen LogP contribution >= 0.6 is 0 Å². The van der Waals surface area contributed by atoms with Gasteiger partial charge >= 0.3 is 0 Å². The maximum Gasteiger partial charge on any atom is 0.101 e. The molecule has 5 heteroatoms. The summed E-state index contributed by atoms with van der Waals surface area (Å²) in [6.45, 7) is 2.49. The highest BCUT2D eigenvalue weighted by atomic mass is 32.2. The Hall–Kier alpha value is -1.41. The molecule has 1 heterocycles. The van der Waals surface area contributed by atoms with Gasteiger partial charge in [0.1, 0.15) is 6.07 Å². The number of nitrogens with zero attached hydrogens (tertiary/aromatic N) is 2. The molecule has 0 aliphatic carbocycles. The summed E-state index contributed by atoms with van der Waals surface area (Å²) < 4.78 is 11.1. The monoisotopic (exact) mass is 223 g/mol. The van der Waals surface area contributed by atoms with Crippen LogP contribution in [0.5, 0.6) is 0 Å². The minimum atomic E-state index is -0.775. The van der Waals surface area contributed by atoms with E-state index in [0.717, 1.165) is 0 Å². The number of rotatable bonds is 5. The largest absolute Gasteiger partial charge is 0.382 e. The van der Waals surface area contributed by atoms with Gasteiger partial charge in [-0.15, -0.1) is 0 Å². The number of hydrogen-bond acceptors (Lipinski definition) is 4. The average Bonchev–Trinajstić information content (AvgIpc) is 2.29. The quantitative estimate of drug-likeness (QED) is 0.812. The zero-order valence-electron chi connectivity index (χ0n) is 8.56. The van der Waals surface area contributed by atoms with Crippen molar-refractivity contribution in [2.75, 3.05) is 23.4 Å². The van der Waals surface area contributed by atoms with Gasteiger partial charge in [-0.3, -0.25) is 9.19 Å². The fraction of sp³-hybridized carbons (Fsp3) is 0.400. The van der Waals surface area contributed by atoms with Crippen LogP contribution in [0, 0.1) is 11.3 Å². The lowest BCUT2D eigenvalue weighted by atomic mass is 10.2. The Morgan fingerprint density at radius 1 is 1.67 bits per heavy atom. The predicted octanol–water partition coefficient (Wildman–Crippen LogP) is 1.13. The maximum absolute atomic E-state index is 11.1. The molecule has 0 fully saturated rings. The number of pyridine rings is 1. The van der Waals surface area contributed by atoms with Gasteiger partial charge < -0.3 is 5.32 Å². The summed E-state index contributed by atoms with van der Waals surface area (Å²) in [7, 11) is -0.775. The lowest BCUT2D eigenvalue weighted by Gasteiger charge is -2.06. The summed E-state index contributed by atoms with van der Waals surface area (Å²) in [5, 5.41) is 11.8. The Bertz CT molecular complexity index is 386. The van der Waals surface area contributed by atoms with E-state index in [9.17, 15) is 4.21 Å². The second kappa shape index (κ2) is 6.14. The third-order valence-electron chi connectivity index (χ3n) is 1.91. The molecule has 80 valence electrons. The summed E-state index contributed by atoms with van der Waals surface area (Å²) in [6, 6.07) is 3.72. The highest BCUT2D eigenvalue weighted by Crippen LogP contribution is 2.10. The topological polar surface area (TPSA) is 65.8 Å². The molecule has 0 saturated heterocycles. The first kappa shape index (κ1) is 11.7. The van der Waals surface area contributed by atoms with Crippen molar-refractivity contribution in [3.8, 4) is 6.07 Å². The van der Waals surface area contributed by atoms with E-state index in [1.54, 1.807) is 18.5 Å². The normalized spacial score (nSPS) is 11.7. The van der Waals surface area contributed by atoms with Crippen LogP contribution < -0.4 is 5.32 Å². The lowest BCUT2D eigenvalue weighted by Crippen LogP contribution is -2.12. The first-order valence-corrected chi connectivity index (χ1v) is 6.19. The van der Waals surface area contributed by atoms with Gasteiger partial charge in [0.05, 0.1) is 17.4 Å². The van der Waals surface area contributed by atoms with E-state index in [4.69, 9.17) is 5.26 Å². The minimum absolute atomic E-state index is 0.562. The first-order valence-electron chi connectivity index (χ1n) is 4.71. The van der Waals surface area contributed by atoms with Crippen molar-refractivity contribution in [1.82, 2.24) is 4.98 Å². The molecule has 0 aliphatic heterocycles. The van der Waals surface area contributed by atoms with E-state index in [1.165, 1.54) is 0 Å². The highest BCUT2D eigenvalue weighted by molar-refractivity contribution is 7.84. The van der Waals surface area contributed by atoms with Gasteiger partial charge in [-0.1, -0.05) is 6.92 Å². The van der Waals surface area contributed by atoms with Crippen LogP contribution in [-0.4, -0.2) is 27.2 Å². The molecule has 0 bridgehead atoms. The summed E-state index contributed by atoms with van der Waals surface area (Å²) in [6.07, 6.45) is 3.18. The molecule has 0 amide bonds. The van der Waals surface area contributed by atoms with E-state index in [2.05, 4.69) is 16.4 Å². The molecule has 1 N–H and O–H groups in total. The highest BCUT2D eigenvalue weighted by Gasteiger charge is 2.01.